The Bertz CT molecular complexity index is 994. The van der Waals surface area contributed by atoms with Crippen molar-refractivity contribution in [1.82, 2.24) is 4.98 Å². The summed E-state index contributed by atoms with van der Waals surface area (Å²) in [5.74, 6) is 0.283. The van der Waals surface area contributed by atoms with E-state index in [1.807, 2.05) is 24.3 Å². The van der Waals surface area contributed by atoms with Gasteiger partial charge in [-0.15, -0.1) is 11.8 Å². The summed E-state index contributed by atoms with van der Waals surface area (Å²) < 4.78 is 5.30. The first kappa shape index (κ1) is 16.7. The summed E-state index contributed by atoms with van der Waals surface area (Å²) in [4.78, 5) is 31.2. The second-order valence-corrected chi connectivity index (χ2v) is 7.71. The number of fused-ring (bicyclic) bond motifs is 1. The largest absolute Gasteiger partial charge is 0.463 e. The number of pyridine rings is 1. The number of thioether (sulfide) groups is 1. The maximum absolute atomic E-state index is 13.1. The van der Waals surface area contributed by atoms with Crippen molar-refractivity contribution < 1.29 is 9.21 Å². The van der Waals surface area contributed by atoms with Crippen molar-refractivity contribution >= 4 is 23.4 Å². The first-order valence-electron chi connectivity index (χ1n) is 8.48. The Morgan fingerprint density at radius 2 is 2.04 bits per heavy atom. The standard InChI is InChI=1S/C20H18N2O3S/c1-13-10-11-22(16-5-2-3-7-18(16)26-13)20(24)14-8-9-15(21-19(14)23)17-6-4-12-25-17/h2-9,12-13H,10-11H2,1H3,(H,21,23)/t13-/m1/s1. The minimum Gasteiger partial charge on any atom is -0.463 e. The van der Waals surface area contributed by atoms with Crippen LogP contribution in [0.1, 0.15) is 23.7 Å². The van der Waals surface area contributed by atoms with E-state index in [9.17, 15) is 9.59 Å². The van der Waals surface area contributed by atoms with Gasteiger partial charge in [-0.3, -0.25) is 9.59 Å². The molecule has 26 heavy (non-hydrogen) atoms. The summed E-state index contributed by atoms with van der Waals surface area (Å²) in [6, 6.07) is 14.6. The van der Waals surface area contributed by atoms with Crippen LogP contribution in [0.4, 0.5) is 5.69 Å². The second-order valence-electron chi connectivity index (χ2n) is 6.23. The number of carbonyl (C=O) groups is 1. The average Bonchev–Trinajstić information content (AvgIpc) is 3.12. The predicted octanol–water partition coefficient (Wildman–Crippen LogP) is 4.17. The van der Waals surface area contributed by atoms with Crippen LogP contribution in [0, 0.1) is 0 Å². The van der Waals surface area contributed by atoms with E-state index in [-0.39, 0.29) is 11.5 Å². The van der Waals surface area contributed by atoms with Gasteiger partial charge in [0.2, 0.25) is 0 Å². The molecule has 0 bridgehead atoms. The minimum atomic E-state index is -0.411. The number of H-pyrrole nitrogens is 1. The molecule has 1 aromatic carbocycles. The molecular weight excluding hydrogens is 348 g/mol. The number of anilines is 1. The number of nitrogens with zero attached hydrogens (tertiary/aromatic N) is 1. The van der Waals surface area contributed by atoms with Crippen LogP contribution in [-0.2, 0) is 0 Å². The lowest BCUT2D eigenvalue weighted by atomic mass is 10.1. The highest BCUT2D eigenvalue weighted by Crippen LogP contribution is 2.37. The zero-order valence-electron chi connectivity index (χ0n) is 14.3. The summed E-state index contributed by atoms with van der Waals surface area (Å²) in [6.07, 6.45) is 2.41. The Kier molecular flexibility index (Phi) is 4.42. The van der Waals surface area contributed by atoms with Gasteiger partial charge in [-0.25, -0.2) is 0 Å². The first-order valence-corrected chi connectivity index (χ1v) is 9.36. The molecule has 1 amide bonds. The van der Waals surface area contributed by atoms with Crippen LogP contribution >= 0.6 is 11.8 Å². The molecular formula is C20H18N2O3S. The molecule has 0 unspecified atom stereocenters. The van der Waals surface area contributed by atoms with E-state index in [4.69, 9.17) is 4.42 Å². The smallest absolute Gasteiger partial charge is 0.263 e. The van der Waals surface area contributed by atoms with Gasteiger partial charge in [0.1, 0.15) is 11.3 Å². The molecule has 1 aliphatic rings. The summed E-state index contributed by atoms with van der Waals surface area (Å²) >= 11 is 1.76. The van der Waals surface area contributed by atoms with Gasteiger partial charge < -0.3 is 14.3 Å². The maximum Gasteiger partial charge on any atom is 0.263 e. The van der Waals surface area contributed by atoms with E-state index >= 15 is 0 Å². The van der Waals surface area contributed by atoms with Crippen molar-refractivity contribution in [3.63, 3.8) is 0 Å². The van der Waals surface area contributed by atoms with Gasteiger partial charge in [0.15, 0.2) is 0 Å². The molecule has 1 atom stereocenters. The molecule has 0 saturated carbocycles. The Morgan fingerprint density at radius 1 is 1.19 bits per heavy atom. The SMILES string of the molecule is C[C@@H]1CCN(C(=O)c2ccc(-c3ccco3)[nH]c2=O)c2ccccc2S1. The van der Waals surface area contributed by atoms with Crippen molar-refractivity contribution in [1.29, 1.82) is 0 Å². The fourth-order valence-electron chi connectivity index (χ4n) is 3.06. The number of hydrogen-bond donors (Lipinski definition) is 1. The Hall–Kier alpha value is -2.73. The first-order chi connectivity index (χ1) is 12.6. The maximum atomic E-state index is 13.1. The molecule has 5 nitrogen and oxygen atoms in total. The van der Waals surface area contributed by atoms with Crippen LogP contribution in [-0.4, -0.2) is 22.7 Å². The molecule has 0 saturated heterocycles. The molecule has 132 valence electrons. The number of aromatic nitrogens is 1. The van der Waals surface area contributed by atoms with Crippen LogP contribution in [0.25, 0.3) is 11.5 Å². The van der Waals surface area contributed by atoms with Gasteiger partial charge in [0.25, 0.3) is 11.5 Å². The minimum absolute atomic E-state index is 0.134. The second kappa shape index (κ2) is 6.88. The number of carbonyl (C=O) groups excluding carboxylic acids is 1. The molecule has 0 spiro atoms. The van der Waals surface area contributed by atoms with Gasteiger partial charge in [0, 0.05) is 16.7 Å². The van der Waals surface area contributed by atoms with E-state index in [2.05, 4.69) is 11.9 Å². The number of amides is 1. The Balaban J connectivity index is 1.71. The zero-order chi connectivity index (χ0) is 18.1. The highest BCUT2D eigenvalue weighted by Gasteiger charge is 2.26. The summed E-state index contributed by atoms with van der Waals surface area (Å²) in [5, 5.41) is 0.411. The number of rotatable bonds is 2. The molecule has 0 radical (unpaired) electrons. The van der Waals surface area contributed by atoms with Crippen molar-refractivity contribution in [2.24, 2.45) is 0 Å². The monoisotopic (exact) mass is 366 g/mol. The van der Waals surface area contributed by atoms with E-state index in [1.165, 1.54) is 0 Å². The number of para-hydroxylation sites is 1. The highest BCUT2D eigenvalue weighted by atomic mass is 32.2. The van der Waals surface area contributed by atoms with E-state index in [0.29, 0.717) is 23.2 Å². The van der Waals surface area contributed by atoms with E-state index in [0.717, 1.165) is 17.0 Å². The topological polar surface area (TPSA) is 66.3 Å². The van der Waals surface area contributed by atoms with Crippen molar-refractivity contribution in [3.05, 3.63) is 70.7 Å². The molecule has 0 fully saturated rings. The fourth-order valence-corrected chi connectivity index (χ4v) is 4.17. The van der Waals surface area contributed by atoms with Gasteiger partial charge in [0.05, 0.1) is 17.6 Å². The molecule has 1 aliphatic heterocycles. The summed E-state index contributed by atoms with van der Waals surface area (Å²) in [5.41, 5.74) is 1.14. The van der Waals surface area contributed by atoms with Gasteiger partial charge >= 0.3 is 0 Å². The lowest BCUT2D eigenvalue weighted by Gasteiger charge is -2.22. The highest BCUT2D eigenvalue weighted by molar-refractivity contribution is 8.00. The van der Waals surface area contributed by atoms with Crippen molar-refractivity contribution in [2.75, 3.05) is 11.4 Å². The molecule has 3 heterocycles. The van der Waals surface area contributed by atoms with Crippen LogP contribution < -0.4 is 10.5 Å². The number of aromatic amines is 1. The molecule has 6 heteroatoms. The molecule has 1 N–H and O–H groups in total. The van der Waals surface area contributed by atoms with Gasteiger partial charge in [-0.2, -0.15) is 0 Å². The van der Waals surface area contributed by atoms with Gasteiger partial charge in [-0.05, 0) is 42.8 Å². The number of nitrogens with one attached hydrogen (secondary N) is 1. The van der Waals surface area contributed by atoms with Crippen LogP contribution in [0.15, 0.2) is 68.9 Å². The number of benzene rings is 1. The zero-order valence-corrected chi connectivity index (χ0v) is 15.1. The molecule has 4 rings (SSSR count). The normalized spacial score (nSPS) is 16.8. The van der Waals surface area contributed by atoms with E-state index < -0.39 is 5.56 Å². The third-order valence-corrected chi connectivity index (χ3v) is 5.65. The van der Waals surface area contributed by atoms with Crippen LogP contribution in [0.5, 0.6) is 0 Å². The lowest BCUT2D eigenvalue weighted by molar-refractivity contribution is 0.0985. The van der Waals surface area contributed by atoms with Crippen molar-refractivity contribution in [2.45, 2.75) is 23.5 Å². The summed E-state index contributed by atoms with van der Waals surface area (Å²) in [6.45, 7) is 2.74. The number of furan rings is 1. The molecule has 0 aliphatic carbocycles. The quantitative estimate of drug-likeness (QED) is 0.739. The number of hydrogen-bond acceptors (Lipinski definition) is 4. The predicted molar refractivity (Wildman–Crippen MR) is 103 cm³/mol. The molecule has 2 aromatic heterocycles. The van der Waals surface area contributed by atoms with Crippen molar-refractivity contribution in [3.8, 4) is 11.5 Å². The summed E-state index contributed by atoms with van der Waals surface area (Å²) in [7, 11) is 0. The Morgan fingerprint density at radius 3 is 2.81 bits per heavy atom. The fraction of sp³-hybridized carbons (Fsp3) is 0.200. The third-order valence-electron chi connectivity index (χ3n) is 4.42. The average molecular weight is 366 g/mol. The van der Waals surface area contributed by atoms with Crippen LogP contribution in [0.2, 0.25) is 0 Å². The lowest BCUT2D eigenvalue weighted by Crippen LogP contribution is -2.35. The van der Waals surface area contributed by atoms with Crippen LogP contribution in [0.3, 0.4) is 0 Å². The molecule has 3 aromatic rings. The Labute approximate surface area is 155 Å². The third kappa shape index (κ3) is 3.08. The van der Waals surface area contributed by atoms with E-state index in [1.54, 1.807) is 47.2 Å². The van der Waals surface area contributed by atoms with Gasteiger partial charge in [-0.1, -0.05) is 19.1 Å².